The van der Waals surface area contributed by atoms with Crippen molar-refractivity contribution in [3.63, 3.8) is 0 Å². The lowest BCUT2D eigenvalue weighted by Crippen LogP contribution is -2.35. The summed E-state index contributed by atoms with van der Waals surface area (Å²) in [4.78, 5) is 1.87. The van der Waals surface area contributed by atoms with Crippen molar-refractivity contribution in [2.24, 2.45) is 0 Å². The fourth-order valence-electron chi connectivity index (χ4n) is 1.29. The minimum Gasteiger partial charge on any atom is -0.423 e. The Kier molecular flexibility index (Phi) is 3.63. The maximum absolute atomic E-state index is 12.8. The lowest BCUT2D eigenvalue weighted by atomic mass is 9.77. The average Bonchev–Trinajstić information content (AvgIpc) is 2.07. The van der Waals surface area contributed by atoms with Crippen molar-refractivity contribution >= 4 is 12.6 Å². The lowest BCUT2D eigenvalue weighted by Gasteiger charge is -2.13. The Morgan fingerprint density at radius 2 is 2.00 bits per heavy atom. The van der Waals surface area contributed by atoms with Crippen LogP contribution in [0.3, 0.4) is 0 Å². The highest BCUT2D eigenvalue weighted by molar-refractivity contribution is 6.59. The van der Waals surface area contributed by atoms with E-state index < -0.39 is 12.9 Å². The predicted octanol–water partition coefficient (Wildman–Crippen LogP) is -0.433. The van der Waals surface area contributed by atoms with E-state index in [0.717, 1.165) is 6.07 Å². The van der Waals surface area contributed by atoms with Gasteiger partial charge in [-0.15, -0.1) is 0 Å². The first-order valence-corrected chi connectivity index (χ1v) is 4.30. The molecule has 0 atom stereocenters. The summed E-state index contributed by atoms with van der Waals surface area (Å²) in [5, 5.41) is 18.0. The van der Waals surface area contributed by atoms with E-state index in [1.54, 1.807) is 6.07 Å². The molecule has 1 aromatic carbocycles. The van der Waals surface area contributed by atoms with Crippen LogP contribution in [0.2, 0.25) is 0 Å². The van der Waals surface area contributed by atoms with E-state index in [0.29, 0.717) is 12.1 Å². The molecule has 0 aromatic heterocycles. The largest absolute Gasteiger partial charge is 0.488 e. The SMILES string of the molecule is CN(C)Cc1ccc(F)cc1B(O)O. The summed E-state index contributed by atoms with van der Waals surface area (Å²) in [6.07, 6.45) is 0. The van der Waals surface area contributed by atoms with Gasteiger partial charge in [0.2, 0.25) is 0 Å². The summed E-state index contributed by atoms with van der Waals surface area (Å²) in [6, 6.07) is 4.01. The van der Waals surface area contributed by atoms with Crippen molar-refractivity contribution in [3.05, 3.63) is 29.6 Å². The van der Waals surface area contributed by atoms with Gasteiger partial charge in [-0.3, -0.25) is 0 Å². The molecule has 5 heteroatoms. The number of rotatable bonds is 3. The summed E-state index contributed by atoms with van der Waals surface area (Å²) in [5.74, 6) is -0.462. The van der Waals surface area contributed by atoms with E-state index in [4.69, 9.17) is 10.0 Å². The van der Waals surface area contributed by atoms with Gasteiger partial charge in [-0.2, -0.15) is 0 Å². The molecule has 14 heavy (non-hydrogen) atoms. The Morgan fingerprint density at radius 1 is 1.36 bits per heavy atom. The third-order valence-electron chi connectivity index (χ3n) is 1.87. The van der Waals surface area contributed by atoms with Gasteiger partial charge in [0.1, 0.15) is 5.82 Å². The van der Waals surface area contributed by atoms with Crippen LogP contribution in [0, 0.1) is 5.82 Å². The maximum atomic E-state index is 12.8. The Balaban J connectivity index is 3.02. The number of halogens is 1. The monoisotopic (exact) mass is 197 g/mol. The van der Waals surface area contributed by atoms with Crippen molar-refractivity contribution in [2.45, 2.75) is 6.54 Å². The molecule has 0 saturated carbocycles. The van der Waals surface area contributed by atoms with Gasteiger partial charge in [-0.1, -0.05) is 6.07 Å². The molecule has 0 fully saturated rings. The number of benzene rings is 1. The van der Waals surface area contributed by atoms with Crippen molar-refractivity contribution < 1.29 is 14.4 Å². The molecule has 1 rings (SSSR count). The molecule has 0 aliphatic heterocycles. The molecule has 0 aliphatic carbocycles. The van der Waals surface area contributed by atoms with E-state index in [9.17, 15) is 4.39 Å². The molecule has 0 spiro atoms. The summed E-state index contributed by atoms with van der Waals surface area (Å²) in [7, 11) is 2.09. The first kappa shape index (κ1) is 11.2. The fraction of sp³-hybridized carbons (Fsp3) is 0.333. The molecule has 0 heterocycles. The van der Waals surface area contributed by atoms with E-state index in [1.165, 1.54) is 6.07 Å². The molecule has 3 nitrogen and oxygen atoms in total. The van der Waals surface area contributed by atoms with E-state index in [2.05, 4.69) is 0 Å². The van der Waals surface area contributed by atoms with E-state index >= 15 is 0 Å². The van der Waals surface area contributed by atoms with Gasteiger partial charge in [-0.05, 0) is 37.3 Å². The zero-order valence-electron chi connectivity index (χ0n) is 8.24. The number of hydrogen-bond donors (Lipinski definition) is 2. The zero-order chi connectivity index (χ0) is 10.7. The normalized spacial score (nSPS) is 10.7. The minimum atomic E-state index is -1.62. The number of nitrogens with zero attached hydrogens (tertiary/aromatic N) is 1. The molecule has 76 valence electrons. The first-order chi connectivity index (χ1) is 6.50. The minimum absolute atomic E-state index is 0.221. The fourth-order valence-corrected chi connectivity index (χ4v) is 1.29. The van der Waals surface area contributed by atoms with Gasteiger partial charge >= 0.3 is 7.12 Å². The van der Waals surface area contributed by atoms with Crippen LogP contribution in [0.1, 0.15) is 5.56 Å². The topological polar surface area (TPSA) is 43.7 Å². The van der Waals surface area contributed by atoms with Crippen LogP contribution in [-0.4, -0.2) is 36.2 Å². The summed E-state index contributed by atoms with van der Waals surface area (Å²) in [6.45, 7) is 0.549. The molecular formula is C9H13BFNO2. The zero-order valence-corrected chi connectivity index (χ0v) is 8.24. The molecule has 0 bridgehead atoms. The second-order valence-electron chi connectivity index (χ2n) is 3.45. The standard InChI is InChI=1S/C9H13BFNO2/c1-12(2)6-7-3-4-8(11)5-9(7)10(13)14/h3-5,13-14H,6H2,1-2H3. The van der Waals surface area contributed by atoms with Gasteiger partial charge in [0.15, 0.2) is 0 Å². The van der Waals surface area contributed by atoms with Gasteiger partial charge in [0, 0.05) is 6.54 Å². The first-order valence-electron chi connectivity index (χ1n) is 4.30. The van der Waals surface area contributed by atoms with Gasteiger partial charge < -0.3 is 14.9 Å². The molecule has 0 unspecified atom stereocenters. The van der Waals surface area contributed by atoms with E-state index in [-0.39, 0.29) is 5.46 Å². The maximum Gasteiger partial charge on any atom is 0.488 e. The Morgan fingerprint density at radius 3 is 2.50 bits per heavy atom. The van der Waals surface area contributed by atoms with Crippen molar-refractivity contribution in [1.29, 1.82) is 0 Å². The van der Waals surface area contributed by atoms with Crippen LogP contribution in [0.25, 0.3) is 0 Å². The molecule has 0 saturated heterocycles. The van der Waals surface area contributed by atoms with Gasteiger partial charge in [0.25, 0.3) is 0 Å². The third-order valence-corrected chi connectivity index (χ3v) is 1.87. The quantitative estimate of drug-likeness (QED) is 0.646. The van der Waals surface area contributed by atoms with Crippen molar-refractivity contribution in [1.82, 2.24) is 4.90 Å². The summed E-state index contributed by atoms with van der Waals surface area (Å²) in [5.41, 5.74) is 0.935. The van der Waals surface area contributed by atoms with Crippen molar-refractivity contribution in [3.8, 4) is 0 Å². The molecule has 0 aliphatic rings. The molecule has 1 aromatic rings. The lowest BCUT2D eigenvalue weighted by molar-refractivity contribution is 0.399. The van der Waals surface area contributed by atoms with Crippen LogP contribution >= 0.6 is 0 Å². The van der Waals surface area contributed by atoms with Crippen LogP contribution < -0.4 is 5.46 Å². The Bertz CT molecular complexity index is 318. The second kappa shape index (κ2) is 4.55. The molecule has 0 amide bonds. The highest BCUT2D eigenvalue weighted by Crippen LogP contribution is 2.03. The number of hydrogen-bond acceptors (Lipinski definition) is 3. The third kappa shape index (κ3) is 2.80. The Labute approximate surface area is 82.9 Å². The van der Waals surface area contributed by atoms with Gasteiger partial charge in [0.05, 0.1) is 0 Å². The highest BCUT2D eigenvalue weighted by Gasteiger charge is 2.16. The van der Waals surface area contributed by atoms with E-state index in [1.807, 2.05) is 19.0 Å². The molecule has 2 N–H and O–H groups in total. The predicted molar refractivity (Wildman–Crippen MR) is 53.6 cm³/mol. The summed E-state index contributed by atoms with van der Waals surface area (Å²) < 4.78 is 12.8. The van der Waals surface area contributed by atoms with Crippen LogP contribution in [-0.2, 0) is 6.54 Å². The van der Waals surface area contributed by atoms with Gasteiger partial charge in [-0.25, -0.2) is 4.39 Å². The van der Waals surface area contributed by atoms with Crippen molar-refractivity contribution in [2.75, 3.05) is 14.1 Å². The summed E-state index contributed by atoms with van der Waals surface area (Å²) >= 11 is 0. The van der Waals surface area contributed by atoms with Crippen LogP contribution in [0.5, 0.6) is 0 Å². The average molecular weight is 197 g/mol. The Hall–Kier alpha value is -0.905. The highest BCUT2D eigenvalue weighted by atomic mass is 19.1. The second-order valence-corrected chi connectivity index (χ2v) is 3.45. The van der Waals surface area contributed by atoms with Crippen LogP contribution in [0.4, 0.5) is 4.39 Å². The van der Waals surface area contributed by atoms with Crippen LogP contribution in [0.15, 0.2) is 18.2 Å². The molecule has 0 radical (unpaired) electrons. The molecular weight excluding hydrogens is 184 g/mol. The smallest absolute Gasteiger partial charge is 0.423 e.